The first kappa shape index (κ1) is 19.2. The van der Waals surface area contributed by atoms with E-state index in [-0.39, 0.29) is 5.92 Å². The summed E-state index contributed by atoms with van der Waals surface area (Å²) in [5.41, 5.74) is -2.90. The maximum atomic E-state index is 12.8. The first-order valence-electron chi connectivity index (χ1n) is 8.79. The van der Waals surface area contributed by atoms with Gasteiger partial charge in [0.2, 0.25) is 0 Å². The molecule has 2 saturated carbocycles. The van der Waals surface area contributed by atoms with Gasteiger partial charge in [0, 0.05) is 11.3 Å². The van der Waals surface area contributed by atoms with Crippen molar-refractivity contribution in [2.45, 2.75) is 85.0 Å². The van der Waals surface area contributed by atoms with E-state index in [1.54, 1.807) is 41.5 Å². The zero-order valence-electron chi connectivity index (χ0n) is 16.2. The normalized spacial score (nSPS) is 29.3. The van der Waals surface area contributed by atoms with Crippen molar-refractivity contribution in [3.05, 3.63) is 0 Å². The molecule has 5 nitrogen and oxygen atoms in total. The van der Waals surface area contributed by atoms with Crippen molar-refractivity contribution in [3.8, 4) is 0 Å². The van der Waals surface area contributed by atoms with E-state index in [0.717, 1.165) is 12.8 Å². The van der Waals surface area contributed by atoms with Crippen LogP contribution in [0.15, 0.2) is 0 Å². The van der Waals surface area contributed by atoms with Gasteiger partial charge in [0.1, 0.15) is 11.2 Å². The van der Waals surface area contributed by atoms with Crippen LogP contribution in [0, 0.1) is 23.2 Å². The third-order valence-corrected chi connectivity index (χ3v) is 5.06. The Morgan fingerprint density at radius 3 is 1.62 bits per heavy atom. The molecule has 1 N–H and O–H groups in total. The van der Waals surface area contributed by atoms with Crippen LogP contribution in [-0.4, -0.2) is 33.8 Å². The molecule has 0 bridgehead atoms. The Morgan fingerprint density at radius 2 is 1.33 bits per heavy atom. The average molecular weight is 340 g/mol. The smallest absolute Gasteiger partial charge is 0.321 e. The topological polar surface area (TPSA) is 72.8 Å². The Bertz CT molecular complexity index is 505. The Hall–Kier alpha value is -1.10. The highest BCUT2D eigenvalue weighted by molar-refractivity contribution is 5.96. The molecule has 0 amide bonds. The van der Waals surface area contributed by atoms with Crippen molar-refractivity contribution in [2.75, 3.05) is 0 Å². The Morgan fingerprint density at radius 1 is 0.958 bits per heavy atom. The molecule has 0 aromatic heterocycles. The van der Waals surface area contributed by atoms with Gasteiger partial charge in [0.25, 0.3) is 0 Å². The van der Waals surface area contributed by atoms with Gasteiger partial charge in [-0.05, 0) is 60.3 Å². The standard InChI is InChI=1S/C19H32O5/c1-16(2,3)23-14(20)12(15(21)24-17(4,5)6)13-18(7,8)19(13,22)11-9-10-11/h11-13,22H,9-10H2,1-8H3/t13-,19-/m0/s1. The van der Waals surface area contributed by atoms with E-state index >= 15 is 0 Å². The van der Waals surface area contributed by atoms with Gasteiger partial charge in [-0.25, -0.2) is 0 Å². The van der Waals surface area contributed by atoms with Crippen molar-refractivity contribution < 1.29 is 24.2 Å². The van der Waals surface area contributed by atoms with Crippen LogP contribution >= 0.6 is 0 Å². The van der Waals surface area contributed by atoms with E-state index in [1.807, 2.05) is 13.8 Å². The van der Waals surface area contributed by atoms with Crippen LogP contribution < -0.4 is 0 Å². The molecule has 0 heterocycles. The number of rotatable bonds is 4. The van der Waals surface area contributed by atoms with Crippen molar-refractivity contribution in [2.24, 2.45) is 23.2 Å². The zero-order chi connectivity index (χ0) is 18.7. The van der Waals surface area contributed by atoms with Crippen LogP contribution in [0.1, 0.15) is 68.2 Å². The third kappa shape index (κ3) is 3.46. The highest BCUT2D eigenvalue weighted by atomic mass is 16.6. The minimum Gasteiger partial charge on any atom is -0.459 e. The molecular formula is C19H32O5. The summed E-state index contributed by atoms with van der Waals surface area (Å²) in [5.74, 6) is -2.62. The fraction of sp³-hybridized carbons (Fsp3) is 0.895. The monoisotopic (exact) mass is 340 g/mol. The minimum absolute atomic E-state index is 0.157. The molecule has 0 spiro atoms. The van der Waals surface area contributed by atoms with E-state index in [0.29, 0.717) is 0 Å². The molecule has 138 valence electrons. The second-order valence-electron chi connectivity index (χ2n) is 9.84. The molecule has 0 radical (unpaired) electrons. The maximum absolute atomic E-state index is 12.8. The second-order valence-corrected chi connectivity index (χ2v) is 9.84. The van der Waals surface area contributed by atoms with Crippen LogP contribution in [0.4, 0.5) is 0 Å². The lowest BCUT2D eigenvalue weighted by molar-refractivity contribution is -0.177. The average Bonchev–Trinajstić information content (AvgIpc) is 3.19. The summed E-state index contributed by atoms with van der Waals surface area (Å²) >= 11 is 0. The molecular weight excluding hydrogens is 308 g/mol. The van der Waals surface area contributed by atoms with Crippen molar-refractivity contribution >= 4 is 11.9 Å². The molecule has 0 unspecified atom stereocenters. The molecule has 24 heavy (non-hydrogen) atoms. The lowest BCUT2D eigenvalue weighted by atomic mass is 9.96. The van der Waals surface area contributed by atoms with Gasteiger partial charge in [-0.3, -0.25) is 9.59 Å². The second kappa shape index (κ2) is 5.45. The van der Waals surface area contributed by atoms with Gasteiger partial charge in [0.15, 0.2) is 5.92 Å². The molecule has 2 atom stereocenters. The van der Waals surface area contributed by atoms with Crippen molar-refractivity contribution in [1.82, 2.24) is 0 Å². The number of hydrogen-bond acceptors (Lipinski definition) is 5. The van der Waals surface area contributed by atoms with E-state index in [1.165, 1.54) is 0 Å². The van der Waals surface area contributed by atoms with Crippen LogP contribution in [0.25, 0.3) is 0 Å². The number of hydrogen-bond donors (Lipinski definition) is 1. The summed E-state index contributed by atoms with van der Waals surface area (Å²) in [4.78, 5) is 25.5. The molecule has 0 aromatic rings. The fourth-order valence-electron chi connectivity index (χ4n) is 3.89. The first-order valence-corrected chi connectivity index (χ1v) is 8.79. The van der Waals surface area contributed by atoms with Gasteiger partial charge in [-0.2, -0.15) is 0 Å². The van der Waals surface area contributed by atoms with Crippen LogP contribution in [0.3, 0.4) is 0 Å². The lowest BCUT2D eigenvalue weighted by Crippen LogP contribution is -2.40. The predicted octanol–water partition coefficient (Wildman–Crippen LogP) is 3.08. The van der Waals surface area contributed by atoms with E-state index in [9.17, 15) is 14.7 Å². The SMILES string of the molecule is CC(C)(C)OC(=O)C(C(=O)OC(C)(C)C)[C@H]1C(C)(C)[C@]1(O)C1CC1. The third-order valence-electron chi connectivity index (χ3n) is 5.06. The van der Waals surface area contributed by atoms with E-state index in [4.69, 9.17) is 9.47 Å². The van der Waals surface area contributed by atoms with Crippen LogP contribution in [0.5, 0.6) is 0 Å². The molecule has 0 aromatic carbocycles. The van der Waals surface area contributed by atoms with Gasteiger partial charge in [-0.1, -0.05) is 13.8 Å². The van der Waals surface area contributed by atoms with Gasteiger partial charge < -0.3 is 14.6 Å². The Balaban J connectivity index is 2.30. The number of ether oxygens (including phenoxy) is 2. The number of esters is 2. The predicted molar refractivity (Wildman–Crippen MR) is 90.1 cm³/mol. The van der Waals surface area contributed by atoms with E-state index < -0.39 is 46.0 Å². The molecule has 2 fully saturated rings. The summed E-state index contributed by atoms with van der Waals surface area (Å²) in [7, 11) is 0. The van der Waals surface area contributed by atoms with Gasteiger partial charge in [-0.15, -0.1) is 0 Å². The highest BCUT2D eigenvalue weighted by Crippen LogP contribution is 2.72. The molecule has 0 saturated heterocycles. The molecule has 2 aliphatic carbocycles. The maximum Gasteiger partial charge on any atom is 0.321 e. The highest BCUT2D eigenvalue weighted by Gasteiger charge is 2.79. The Kier molecular flexibility index (Phi) is 4.37. The number of carbonyl (C=O) groups is 2. The summed E-state index contributed by atoms with van der Waals surface area (Å²) in [6.07, 6.45) is 1.87. The zero-order valence-corrected chi connectivity index (χ0v) is 16.2. The van der Waals surface area contributed by atoms with Crippen molar-refractivity contribution in [1.29, 1.82) is 0 Å². The van der Waals surface area contributed by atoms with E-state index in [2.05, 4.69) is 0 Å². The fourth-order valence-corrected chi connectivity index (χ4v) is 3.89. The van der Waals surface area contributed by atoms with Crippen LogP contribution in [0.2, 0.25) is 0 Å². The minimum atomic E-state index is -1.09. The molecule has 5 heteroatoms. The van der Waals surface area contributed by atoms with Gasteiger partial charge in [0.05, 0.1) is 5.60 Å². The largest absolute Gasteiger partial charge is 0.459 e. The number of aliphatic hydroxyl groups is 1. The summed E-state index contributed by atoms with van der Waals surface area (Å²) in [6.45, 7) is 14.4. The molecule has 2 aliphatic rings. The van der Waals surface area contributed by atoms with Crippen LogP contribution in [-0.2, 0) is 19.1 Å². The first-order chi connectivity index (χ1) is 10.6. The van der Waals surface area contributed by atoms with Gasteiger partial charge >= 0.3 is 11.9 Å². The summed E-state index contributed by atoms with van der Waals surface area (Å²) in [5, 5.41) is 11.1. The summed E-state index contributed by atoms with van der Waals surface area (Å²) < 4.78 is 10.9. The lowest BCUT2D eigenvalue weighted by Gasteiger charge is -2.27. The summed E-state index contributed by atoms with van der Waals surface area (Å²) in [6, 6.07) is 0. The Labute approximate surface area is 145 Å². The number of carbonyl (C=O) groups excluding carboxylic acids is 2. The quantitative estimate of drug-likeness (QED) is 0.629. The molecule has 0 aliphatic heterocycles. The van der Waals surface area contributed by atoms with Crippen molar-refractivity contribution in [3.63, 3.8) is 0 Å². The molecule has 2 rings (SSSR count).